The fraction of sp³-hybridized carbons (Fsp3) is 0.769. The zero-order chi connectivity index (χ0) is 12.8. The van der Waals surface area contributed by atoms with Crippen molar-refractivity contribution >= 4 is 0 Å². The number of hydrogen-bond donors (Lipinski definition) is 1. The van der Waals surface area contributed by atoms with E-state index >= 15 is 0 Å². The van der Waals surface area contributed by atoms with Crippen molar-refractivity contribution in [2.24, 2.45) is 0 Å². The Balaban J connectivity index is 2.06. The number of aryl methyl sites for hydroxylation is 1. The Morgan fingerprint density at radius 3 is 3.06 bits per heavy atom. The highest BCUT2D eigenvalue weighted by Gasteiger charge is 2.26. The topological polar surface area (TPSA) is 48.3 Å². The number of hydrogen-bond acceptors (Lipinski definition) is 4. The van der Waals surface area contributed by atoms with Gasteiger partial charge < -0.3 is 14.8 Å². The van der Waals surface area contributed by atoms with Crippen molar-refractivity contribution < 1.29 is 9.47 Å². The molecule has 2 atom stereocenters. The second kappa shape index (κ2) is 6.87. The van der Waals surface area contributed by atoms with Crippen LogP contribution < -0.4 is 5.32 Å². The van der Waals surface area contributed by atoms with Gasteiger partial charge in [-0.25, -0.2) is 0 Å². The number of nitrogens with one attached hydrogen (secondary N) is 1. The van der Waals surface area contributed by atoms with Gasteiger partial charge in [-0.05, 0) is 13.0 Å². The first-order chi connectivity index (χ1) is 8.85. The average Bonchev–Trinajstić information content (AvgIpc) is 2.86. The van der Waals surface area contributed by atoms with Gasteiger partial charge >= 0.3 is 0 Å². The van der Waals surface area contributed by atoms with Crippen molar-refractivity contribution in [1.29, 1.82) is 0 Å². The summed E-state index contributed by atoms with van der Waals surface area (Å²) < 4.78 is 13.3. The van der Waals surface area contributed by atoms with Gasteiger partial charge in [0.25, 0.3) is 0 Å². The van der Waals surface area contributed by atoms with E-state index in [1.54, 1.807) is 0 Å². The Kier molecular flexibility index (Phi) is 5.16. The highest BCUT2D eigenvalue weighted by atomic mass is 16.6. The van der Waals surface area contributed by atoms with Crippen LogP contribution in [0.1, 0.15) is 31.9 Å². The smallest absolute Gasteiger partial charge is 0.100 e. The van der Waals surface area contributed by atoms with Crippen LogP contribution >= 0.6 is 0 Å². The van der Waals surface area contributed by atoms with Gasteiger partial charge in [0.15, 0.2) is 0 Å². The molecule has 2 rings (SSSR count). The second-order valence-corrected chi connectivity index (χ2v) is 4.56. The van der Waals surface area contributed by atoms with Crippen molar-refractivity contribution in [3.05, 3.63) is 18.0 Å². The van der Waals surface area contributed by atoms with E-state index in [0.29, 0.717) is 19.8 Å². The standard InChI is InChI=1S/C13H23N3O2/c1-3-5-16-9-11(8-15-16)13(14-4-2)12-10-17-6-7-18-12/h8-9,12-14H,3-7,10H2,1-2H3. The van der Waals surface area contributed by atoms with E-state index < -0.39 is 0 Å². The molecule has 1 fully saturated rings. The van der Waals surface area contributed by atoms with Crippen LogP contribution in [0.4, 0.5) is 0 Å². The van der Waals surface area contributed by atoms with E-state index in [1.807, 2.05) is 10.9 Å². The van der Waals surface area contributed by atoms with Crippen LogP contribution in [-0.2, 0) is 16.0 Å². The molecule has 2 heterocycles. The molecule has 5 heteroatoms. The maximum atomic E-state index is 5.79. The third-order valence-electron chi connectivity index (χ3n) is 3.10. The summed E-state index contributed by atoms with van der Waals surface area (Å²) >= 11 is 0. The minimum Gasteiger partial charge on any atom is -0.376 e. The van der Waals surface area contributed by atoms with Gasteiger partial charge in [-0.1, -0.05) is 13.8 Å². The van der Waals surface area contributed by atoms with Gasteiger partial charge in [-0.3, -0.25) is 4.68 Å². The number of nitrogens with zero attached hydrogens (tertiary/aromatic N) is 2. The molecule has 0 amide bonds. The molecule has 1 aromatic rings. The lowest BCUT2D eigenvalue weighted by Gasteiger charge is -2.30. The summed E-state index contributed by atoms with van der Waals surface area (Å²) in [4.78, 5) is 0. The quantitative estimate of drug-likeness (QED) is 0.831. The van der Waals surface area contributed by atoms with Crippen LogP contribution in [0.15, 0.2) is 12.4 Å². The molecule has 2 unspecified atom stereocenters. The SMILES string of the molecule is CCCn1cc(C(NCC)C2COCCO2)cn1. The Morgan fingerprint density at radius 1 is 1.50 bits per heavy atom. The van der Waals surface area contributed by atoms with Crippen molar-refractivity contribution in [3.8, 4) is 0 Å². The maximum absolute atomic E-state index is 5.79. The molecule has 102 valence electrons. The second-order valence-electron chi connectivity index (χ2n) is 4.56. The van der Waals surface area contributed by atoms with Crippen LogP contribution in [0.2, 0.25) is 0 Å². The van der Waals surface area contributed by atoms with Crippen molar-refractivity contribution in [3.63, 3.8) is 0 Å². The molecule has 0 radical (unpaired) electrons. The first-order valence-corrected chi connectivity index (χ1v) is 6.80. The maximum Gasteiger partial charge on any atom is 0.100 e. The summed E-state index contributed by atoms with van der Waals surface area (Å²) in [6, 6.07) is 0.168. The molecule has 0 aliphatic carbocycles. The molecule has 1 aliphatic heterocycles. The molecule has 1 N–H and O–H groups in total. The molecule has 0 saturated carbocycles. The van der Waals surface area contributed by atoms with Crippen molar-refractivity contribution in [2.45, 2.75) is 39.0 Å². The van der Waals surface area contributed by atoms with Gasteiger partial charge in [0.05, 0.1) is 32.1 Å². The number of aromatic nitrogens is 2. The fourth-order valence-corrected chi connectivity index (χ4v) is 2.27. The Bertz CT molecular complexity index is 348. The lowest BCUT2D eigenvalue weighted by Crippen LogP contribution is -2.40. The van der Waals surface area contributed by atoms with E-state index in [2.05, 4.69) is 30.5 Å². The van der Waals surface area contributed by atoms with Crippen molar-refractivity contribution in [2.75, 3.05) is 26.4 Å². The molecule has 1 saturated heterocycles. The lowest BCUT2D eigenvalue weighted by atomic mass is 10.1. The van der Waals surface area contributed by atoms with Crippen LogP contribution in [0.3, 0.4) is 0 Å². The summed E-state index contributed by atoms with van der Waals surface area (Å²) in [5.74, 6) is 0. The summed E-state index contributed by atoms with van der Waals surface area (Å²) in [7, 11) is 0. The van der Waals surface area contributed by atoms with Crippen LogP contribution in [-0.4, -0.2) is 42.2 Å². The average molecular weight is 253 g/mol. The van der Waals surface area contributed by atoms with Gasteiger partial charge in [0.1, 0.15) is 6.10 Å². The normalized spacial score (nSPS) is 22.0. The van der Waals surface area contributed by atoms with Gasteiger partial charge in [0.2, 0.25) is 0 Å². The summed E-state index contributed by atoms with van der Waals surface area (Å²) in [5.41, 5.74) is 1.18. The van der Waals surface area contributed by atoms with Gasteiger partial charge in [0, 0.05) is 18.3 Å². The molecule has 0 spiro atoms. The lowest BCUT2D eigenvalue weighted by molar-refractivity contribution is -0.102. The number of likely N-dealkylation sites (N-methyl/N-ethyl adjacent to an activating group) is 1. The predicted octanol–water partition coefficient (Wildman–Crippen LogP) is 1.36. The summed E-state index contributed by atoms with van der Waals surface area (Å²) in [6.07, 6.45) is 5.21. The zero-order valence-electron chi connectivity index (χ0n) is 11.3. The molecule has 1 aromatic heterocycles. The minimum atomic E-state index is 0.0815. The third kappa shape index (κ3) is 3.31. The number of rotatable bonds is 6. The van der Waals surface area contributed by atoms with Crippen LogP contribution in [0.25, 0.3) is 0 Å². The molecular weight excluding hydrogens is 230 g/mol. The molecule has 5 nitrogen and oxygen atoms in total. The minimum absolute atomic E-state index is 0.0815. The Morgan fingerprint density at radius 2 is 2.39 bits per heavy atom. The van der Waals surface area contributed by atoms with Crippen LogP contribution in [0.5, 0.6) is 0 Å². The van der Waals surface area contributed by atoms with E-state index in [1.165, 1.54) is 5.56 Å². The Labute approximate surface area is 108 Å². The monoisotopic (exact) mass is 253 g/mol. The molecule has 18 heavy (non-hydrogen) atoms. The zero-order valence-corrected chi connectivity index (χ0v) is 11.3. The highest BCUT2D eigenvalue weighted by Crippen LogP contribution is 2.21. The molecular formula is C13H23N3O2. The van der Waals surface area contributed by atoms with E-state index in [-0.39, 0.29) is 12.1 Å². The largest absolute Gasteiger partial charge is 0.376 e. The first-order valence-electron chi connectivity index (χ1n) is 6.80. The Hall–Kier alpha value is -0.910. The predicted molar refractivity (Wildman–Crippen MR) is 69.5 cm³/mol. The highest BCUT2D eigenvalue weighted by molar-refractivity contribution is 5.13. The first kappa shape index (κ1) is 13.5. The van der Waals surface area contributed by atoms with Gasteiger partial charge in [-0.2, -0.15) is 5.10 Å². The molecule has 0 aromatic carbocycles. The summed E-state index contributed by atoms with van der Waals surface area (Å²) in [5, 5.41) is 7.85. The fourth-order valence-electron chi connectivity index (χ4n) is 2.27. The van der Waals surface area contributed by atoms with E-state index in [4.69, 9.17) is 9.47 Å². The van der Waals surface area contributed by atoms with E-state index in [0.717, 1.165) is 19.5 Å². The van der Waals surface area contributed by atoms with Gasteiger partial charge in [-0.15, -0.1) is 0 Å². The third-order valence-corrected chi connectivity index (χ3v) is 3.10. The summed E-state index contributed by atoms with van der Waals surface area (Å²) in [6.45, 7) is 8.15. The molecule has 0 bridgehead atoms. The number of ether oxygens (including phenoxy) is 2. The van der Waals surface area contributed by atoms with Crippen LogP contribution in [0, 0.1) is 0 Å². The van der Waals surface area contributed by atoms with E-state index in [9.17, 15) is 0 Å². The van der Waals surface area contributed by atoms with Crippen molar-refractivity contribution in [1.82, 2.24) is 15.1 Å². The molecule has 1 aliphatic rings.